The van der Waals surface area contributed by atoms with Crippen molar-refractivity contribution in [2.24, 2.45) is 0 Å². The minimum atomic E-state index is 0.284. The number of H-pyrrole nitrogens is 1. The van der Waals surface area contributed by atoms with Gasteiger partial charge in [0.1, 0.15) is 5.69 Å². The molecule has 0 aliphatic carbocycles. The van der Waals surface area contributed by atoms with Crippen molar-refractivity contribution in [1.82, 2.24) is 10.2 Å². The average molecular weight is 220 g/mol. The van der Waals surface area contributed by atoms with Crippen molar-refractivity contribution in [2.45, 2.75) is 19.8 Å². The van der Waals surface area contributed by atoms with Gasteiger partial charge in [-0.25, -0.2) is 0 Å². The number of carbonyl (C=O) groups is 1. The van der Waals surface area contributed by atoms with E-state index in [1.165, 1.54) is 0 Å². The van der Waals surface area contributed by atoms with Crippen LogP contribution in [0.15, 0.2) is 17.5 Å². The fourth-order valence-corrected chi connectivity index (χ4v) is 2.25. The van der Waals surface area contributed by atoms with Crippen LogP contribution >= 0.6 is 11.3 Å². The zero-order valence-corrected chi connectivity index (χ0v) is 9.47. The van der Waals surface area contributed by atoms with Crippen LogP contribution in [0, 0.1) is 0 Å². The van der Waals surface area contributed by atoms with Crippen LogP contribution in [0.5, 0.6) is 0 Å². The van der Waals surface area contributed by atoms with Gasteiger partial charge in [0.25, 0.3) is 0 Å². The highest BCUT2D eigenvalue weighted by atomic mass is 32.1. The predicted molar refractivity (Wildman–Crippen MR) is 61.4 cm³/mol. The standard InChI is InChI=1S/C11H12N2OS/c1-7(2)10-8(6-14)11(13-12-10)9-4-3-5-15-9/h3-7H,1-2H3,(H,12,13). The number of hydrogen-bond acceptors (Lipinski definition) is 3. The lowest BCUT2D eigenvalue weighted by Crippen LogP contribution is -1.93. The van der Waals surface area contributed by atoms with E-state index in [0.29, 0.717) is 5.56 Å². The highest BCUT2D eigenvalue weighted by molar-refractivity contribution is 7.13. The van der Waals surface area contributed by atoms with Crippen LogP contribution in [0.4, 0.5) is 0 Å². The number of aromatic amines is 1. The highest BCUT2D eigenvalue weighted by Crippen LogP contribution is 2.29. The fourth-order valence-electron chi connectivity index (χ4n) is 1.52. The molecule has 0 aromatic carbocycles. The minimum Gasteiger partial charge on any atom is -0.298 e. The Morgan fingerprint density at radius 3 is 2.87 bits per heavy atom. The van der Waals surface area contributed by atoms with Crippen molar-refractivity contribution in [2.75, 3.05) is 0 Å². The van der Waals surface area contributed by atoms with Crippen LogP contribution in [0.3, 0.4) is 0 Å². The molecule has 2 aromatic heterocycles. The van der Waals surface area contributed by atoms with Crippen molar-refractivity contribution in [3.63, 3.8) is 0 Å². The normalized spacial score (nSPS) is 10.9. The molecule has 0 bridgehead atoms. The van der Waals surface area contributed by atoms with E-state index in [1.54, 1.807) is 11.3 Å². The molecular weight excluding hydrogens is 208 g/mol. The van der Waals surface area contributed by atoms with Crippen LogP contribution in [0.1, 0.15) is 35.8 Å². The van der Waals surface area contributed by atoms with Gasteiger partial charge in [0.05, 0.1) is 10.4 Å². The van der Waals surface area contributed by atoms with Gasteiger partial charge in [-0.2, -0.15) is 5.10 Å². The van der Waals surface area contributed by atoms with Gasteiger partial charge in [-0.05, 0) is 17.4 Å². The molecule has 0 saturated carbocycles. The number of rotatable bonds is 3. The fraction of sp³-hybridized carbons (Fsp3) is 0.273. The summed E-state index contributed by atoms with van der Waals surface area (Å²) >= 11 is 1.59. The van der Waals surface area contributed by atoms with E-state index in [2.05, 4.69) is 10.2 Å². The Balaban J connectivity index is 2.54. The van der Waals surface area contributed by atoms with Gasteiger partial charge in [0, 0.05) is 5.69 Å². The van der Waals surface area contributed by atoms with E-state index >= 15 is 0 Å². The van der Waals surface area contributed by atoms with E-state index in [-0.39, 0.29) is 5.92 Å². The number of carbonyl (C=O) groups excluding carboxylic acids is 1. The van der Waals surface area contributed by atoms with Gasteiger partial charge < -0.3 is 0 Å². The number of aromatic nitrogens is 2. The van der Waals surface area contributed by atoms with Gasteiger partial charge in [-0.3, -0.25) is 9.89 Å². The van der Waals surface area contributed by atoms with Gasteiger partial charge in [-0.15, -0.1) is 11.3 Å². The van der Waals surface area contributed by atoms with Crippen LogP contribution in [-0.4, -0.2) is 16.5 Å². The lowest BCUT2D eigenvalue weighted by Gasteiger charge is -2.01. The summed E-state index contributed by atoms with van der Waals surface area (Å²) in [5.41, 5.74) is 2.37. The Morgan fingerprint density at radius 2 is 2.33 bits per heavy atom. The number of thiophene rings is 1. The van der Waals surface area contributed by atoms with Crippen LogP contribution in [0.25, 0.3) is 10.6 Å². The van der Waals surface area contributed by atoms with E-state index in [0.717, 1.165) is 22.6 Å². The predicted octanol–water partition coefficient (Wildman–Crippen LogP) is 3.07. The summed E-state index contributed by atoms with van der Waals surface area (Å²) in [6.07, 6.45) is 0.883. The molecule has 0 amide bonds. The van der Waals surface area contributed by atoms with Gasteiger partial charge in [0.2, 0.25) is 0 Å². The SMILES string of the molecule is CC(C)c1[nH]nc(-c2cccs2)c1C=O. The molecule has 78 valence electrons. The lowest BCUT2D eigenvalue weighted by atomic mass is 10.0. The summed E-state index contributed by atoms with van der Waals surface area (Å²) in [6, 6.07) is 3.93. The second kappa shape index (κ2) is 3.98. The molecule has 2 aromatic rings. The molecule has 0 radical (unpaired) electrons. The average Bonchev–Trinajstić information content (AvgIpc) is 2.85. The molecule has 1 N–H and O–H groups in total. The largest absolute Gasteiger partial charge is 0.298 e. The smallest absolute Gasteiger partial charge is 0.154 e. The third-order valence-electron chi connectivity index (χ3n) is 2.28. The van der Waals surface area contributed by atoms with Crippen LogP contribution in [0.2, 0.25) is 0 Å². The zero-order chi connectivity index (χ0) is 10.8. The molecule has 0 atom stereocenters. The molecule has 0 unspecified atom stereocenters. The first-order valence-electron chi connectivity index (χ1n) is 4.81. The summed E-state index contributed by atoms with van der Waals surface area (Å²) in [6.45, 7) is 4.08. The van der Waals surface area contributed by atoms with Crippen LogP contribution in [-0.2, 0) is 0 Å². The number of hydrogen-bond donors (Lipinski definition) is 1. The van der Waals surface area contributed by atoms with E-state index < -0.39 is 0 Å². The van der Waals surface area contributed by atoms with E-state index in [4.69, 9.17) is 0 Å². The molecule has 0 aliphatic rings. The number of aldehydes is 1. The zero-order valence-electron chi connectivity index (χ0n) is 8.65. The van der Waals surface area contributed by atoms with Crippen molar-refractivity contribution < 1.29 is 4.79 Å². The highest BCUT2D eigenvalue weighted by Gasteiger charge is 2.16. The molecule has 0 saturated heterocycles. The molecule has 2 heterocycles. The first-order chi connectivity index (χ1) is 7.24. The third-order valence-corrected chi connectivity index (χ3v) is 3.16. The Kier molecular flexibility index (Phi) is 2.68. The quantitative estimate of drug-likeness (QED) is 0.808. The summed E-state index contributed by atoms with van der Waals surface area (Å²) in [4.78, 5) is 12.1. The molecule has 4 heteroatoms. The molecule has 0 aliphatic heterocycles. The molecule has 3 nitrogen and oxygen atoms in total. The summed E-state index contributed by atoms with van der Waals surface area (Å²) < 4.78 is 0. The first kappa shape index (κ1) is 10.1. The monoisotopic (exact) mass is 220 g/mol. The lowest BCUT2D eigenvalue weighted by molar-refractivity contribution is 0.112. The second-order valence-electron chi connectivity index (χ2n) is 3.65. The Morgan fingerprint density at radius 1 is 1.53 bits per heavy atom. The number of nitrogens with one attached hydrogen (secondary N) is 1. The topological polar surface area (TPSA) is 45.8 Å². The Hall–Kier alpha value is -1.42. The molecule has 15 heavy (non-hydrogen) atoms. The van der Waals surface area contributed by atoms with Gasteiger partial charge in [-0.1, -0.05) is 19.9 Å². The molecular formula is C11H12N2OS. The van der Waals surface area contributed by atoms with Crippen molar-refractivity contribution in [3.05, 3.63) is 28.8 Å². The summed E-state index contributed by atoms with van der Waals surface area (Å²) in [7, 11) is 0. The van der Waals surface area contributed by atoms with E-state index in [1.807, 2.05) is 31.4 Å². The van der Waals surface area contributed by atoms with E-state index in [9.17, 15) is 4.79 Å². The first-order valence-corrected chi connectivity index (χ1v) is 5.69. The number of nitrogens with zero attached hydrogens (tertiary/aromatic N) is 1. The maximum atomic E-state index is 11.1. The van der Waals surface area contributed by atoms with Crippen molar-refractivity contribution >= 4 is 17.6 Å². The molecule has 0 fully saturated rings. The third kappa shape index (κ3) is 1.72. The van der Waals surface area contributed by atoms with Crippen molar-refractivity contribution in [3.8, 4) is 10.6 Å². The maximum absolute atomic E-state index is 11.1. The second-order valence-corrected chi connectivity index (χ2v) is 4.60. The van der Waals surface area contributed by atoms with Gasteiger partial charge >= 0.3 is 0 Å². The Bertz CT molecular complexity index is 457. The molecule has 0 spiro atoms. The maximum Gasteiger partial charge on any atom is 0.154 e. The summed E-state index contributed by atoms with van der Waals surface area (Å²) in [5.74, 6) is 0.284. The van der Waals surface area contributed by atoms with Gasteiger partial charge in [0.15, 0.2) is 6.29 Å². The minimum absolute atomic E-state index is 0.284. The summed E-state index contributed by atoms with van der Waals surface area (Å²) in [5, 5.41) is 9.12. The molecule has 2 rings (SSSR count). The Labute approximate surface area is 92.1 Å². The van der Waals surface area contributed by atoms with Crippen molar-refractivity contribution in [1.29, 1.82) is 0 Å². The van der Waals surface area contributed by atoms with Crippen LogP contribution < -0.4 is 0 Å².